The largest absolute Gasteiger partial charge is 0.461 e. The Morgan fingerprint density at radius 3 is 2.68 bits per heavy atom. The normalized spacial score (nSPS) is 30.5. The van der Waals surface area contributed by atoms with Gasteiger partial charge in [0.15, 0.2) is 0 Å². The second-order valence-corrected chi connectivity index (χ2v) is 8.30. The molecule has 0 bridgehead atoms. The summed E-state index contributed by atoms with van der Waals surface area (Å²) in [5, 5.41) is 8.96. The van der Waals surface area contributed by atoms with Crippen molar-refractivity contribution in [1.29, 1.82) is 0 Å². The van der Waals surface area contributed by atoms with E-state index >= 15 is 0 Å². The van der Waals surface area contributed by atoms with E-state index in [-0.39, 0.29) is 36.8 Å². The molecule has 0 spiro atoms. The number of aliphatic hydroxyl groups excluding tert-OH is 1. The first kappa shape index (κ1) is 23.1. The van der Waals surface area contributed by atoms with E-state index in [0.717, 1.165) is 44.9 Å². The molecule has 162 valence electrons. The Kier molecular flexibility index (Phi) is 9.68. The molecule has 1 aliphatic heterocycles. The van der Waals surface area contributed by atoms with E-state index in [0.29, 0.717) is 25.5 Å². The number of hydrogen-bond donors (Lipinski definition) is 1. The topological polar surface area (TPSA) is 85.3 Å². The van der Waals surface area contributed by atoms with Crippen molar-refractivity contribution in [2.45, 2.75) is 83.1 Å². The number of hydrogen-bond acceptors (Lipinski definition) is 6. The second-order valence-electron chi connectivity index (χ2n) is 8.30. The molecule has 0 aromatic carbocycles. The zero-order valence-electron chi connectivity index (χ0n) is 17.5. The first-order valence-electron chi connectivity index (χ1n) is 10.7. The molecule has 2 fully saturated rings. The predicted octanol–water partition coefficient (Wildman–Crippen LogP) is 2.15. The van der Waals surface area contributed by atoms with E-state index in [9.17, 15) is 9.59 Å². The van der Waals surface area contributed by atoms with Crippen LogP contribution >= 0.6 is 0 Å². The van der Waals surface area contributed by atoms with Crippen molar-refractivity contribution >= 4 is 12.4 Å². The number of nitrogens with zero attached hydrogens (tertiary/aromatic N) is 1. The summed E-state index contributed by atoms with van der Waals surface area (Å²) in [6.07, 6.45) is 7.08. The molecule has 6 atom stereocenters. The first-order chi connectivity index (χ1) is 13.5. The standard InChI is InChI=1S/C21H37NO6/c1-15(12-17-7-8-19(27-11-10-23)20(13-17)26-3)16(2)28-21(25)18-6-4-5-9-22(18)14-24/h14-20,23H,4-13H2,1-3H3/t15-,16+,17+,18+,19-,20-/m1/s1. The lowest BCUT2D eigenvalue weighted by atomic mass is 9.79. The van der Waals surface area contributed by atoms with Gasteiger partial charge in [0, 0.05) is 13.7 Å². The maximum absolute atomic E-state index is 12.5. The Balaban J connectivity index is 1.80. The van der Waals surface area contributed by atoms with Gasteiger partial charge in [-0.3, -0.25) is 4.79 Å². The third-order valence-electron chi connectivity index (χ3n) is 6.33. The number of aliphatic hydroxyl groups is 1. The molecule has 1 amide bonds. The highest BCUT2D eigenvalue weighted by molar-refractivity contribution is 5.78. The van der Waals surface area contributed by atoms with Gasteiger partial charge in [0.2, 0.25) is 6.41 Å². The molecule has 1 saturated heterocycles. The van der Waals surface area contributed by atoms with Crippen LogP contribution in [0.25, 0.3) is 0 Å². The smallest absolute Gasteiger partial charge is 0.329 e. The van der Waals surface area contributed by atoms with Gasteiger partial charge in [-0.25, -0.2) is 4.79 Å². The van der Waals surface area contributed by atoms with Crippen LogP contribution in [0, 0.1) is 11.8 Å². The molecule has 1 N–H and O–H groups in total. The van der Waals surface area contributed by atoms with Crippen molar-refractivity contribution in [3.63, 3.8) is 0 Å². The molecule has 0 aromatic rings. The van der Waals surface area contributed by atoms with Gasteiger partial charge in [0.25, 0.3) is 0 Å². The minimum Gasteiger partial charge on any atom is -0.461 e. The number of esters is 1. The Morgan fingerprint density at radius 2 is 2.00 bits per heavy atom. The van der Waals surface area contributed by atoms with Gasteiger partial charge in [-0.05, 0) is 63.7 Å². The molecule has 2 rings (SSSR count). The van der Waals surface area contributed by atoms with Crippen LogP contribution < -0.4 is 0 Å². The minimum atomic E-state index is -0.433. The highest BCUT2D eigenvalue weighted by Gasteiger charge is 2.34. The Hall–Kier alpha value is -1.18. The monoisotopic (exact) mass is 399 g/mol. The zero-order valence-corrected chi connectivity index (χ0v) is 17.5. The SMILES string of the molecule is CO[C@@H]1C[C@H](C[C@@H](C)[C@H](C)OC(=O)[C@@H]2CCCCN2C=O)CC[C@H]1OCCO. The van der Waals surface area contributed by atoms with Crippen LogP contribution in [0.15, 0.2) is 0 Å². The van der Waals surface area contributed by atoms with E-state index < -0.39 is 6.04 Å². The van der Waals surface area contributed by atoms with Crippen LogP contribution in [0.1, 0.15) is 58.8 Å². The maximum atomic E-state index is 12.5. The molecule has 0 aromatic heterocycles. The van der Waals surface area contributed by atoms with Crippen LogP contribution in [0.3, 0.4) is 0 Å². The highest BCUT2D eigenvalue weighted by atomic mass is 16.5. The van der Waals surface area contributed by atoms with Gasteiger partial charge >= 0.3 is 5.97 Å². The van der Waals surface area contributed by atoms with E-state index in [1.54, 1.807) is 12.0 Å². The summed E-state index contributed by atoms with van der Waals surface area (Å²) in [5.74, 6) is 0.452. The zero-order chi connectivity index (χ0) is 20.5. The summed E-state index contributed by atoms with van der Waals surface area (Å²) >= 11 is 0. The lowest BCUT2D eigenvalue weighted by molar-refractivity contribution is -0.160. The summed E-state index contributed by atoms with van der Waals surface area (Å²) in [6.45, 7) is 5.07. The average molecular weight is 400 g/mol. The van der Waals surface area contributed by atoms with Crippen LogP contribution in [0.5, 0.6) is 0 Å². The number of amides is 1. The molecule has 0 radical (unpaired) electrons. The molecule has 1 heterocycles. The van der Waals surface area contributed by atoms with E-state index in [1.165, 1.54) is 0 Å². The van der Waals surface area contributed by atoms with Gasteiger partial charge < -0.3 is 24.2 Å². The summed E-state index contributed by atoms with van der Waals surface area (Å²) in [6, 6.07) is -0.433. The van der Waals surface area contributed by atoms with Crippen molar-refractivity contribution in [3.8, 4) is 0 Å². The van der Waals surface area contributed by atoms with Crippen LogP contribution in [0.4, 0.5) is 0 Å². The minimum absolute atomic E-state index is 0.0266. The van der Waals surface area contributed by atoms with Crippen LogP contribution in [0.2, 0.25) is 0 Å². The van der Waals surface area contributed by atoms with Crippen molar-refractivity contribution in [3.05, 3.63) is 0 Å². The van der Waals surface area contributed by atoms with Crippen molar-refractivity contribution in [2.24, 2.45) is 11.8 Å². The molecule has 7 nitrogen and oxygen atoms in total. The summed E-state index contributed by atoms with van der Waals surface area (Å²) < 4.78 is 17.0. The van der Waals surface area contributed by atoms with Gasteiger partial charge in [0.05, 0.1) is 25.4 Å². The van der Waals surface area contributed by atoms with E-state index in [2.05, 4.69) is 6.92 Å². The van der Waals surface area contributed by atoms with Crippen LogP contribution in [-0.4, -0.2) is 73.6 Å². The second kappa shape index (κ2) is 11.7. The highest BCUT2D eigenvalue weighted by Crippen LogP contribution is 2.33. The summed E-state index contributed by atoms with van der Waals surface area (Å²) in [4.78, 5) is 25.3. The summed E-state index contributed by atoms with van der Waals surface area (Å²) in [7, 11) is 1.71. The molecular formula is C21H37NO6. The first-order valence-corrected chi connectivity index (χ1v) is 10.7. The number of carbonyl (C=O) groups is 2. The number of ether oxygens (including phenoxy) is 3. The molecule has 0 unspecified atom stereocenters. The van der Waals surface area contributed by atoms with Crippen molar-refractivity contribution < 1.29 is 28.9 Å². The van der Waals surface area contributed by atoms with Crippen LogP contribution in [-0.2, 0) is 23.8 Å². The number of carbonyl (C=O) groups excluding carboxylic acids is 2. The van der Waals surface area contributed by atoms with Gasteiger partial charge in [-0.1, -0.05) is 6.92 Å². The quantitative estimate of drug-likeness (QED) is 0.448. The third kappa shape index (κ3) is 6.42. The molecular weight excluding hydrogens is 362 g/mol. The van der Waals surface area contributed by atoms with Crippen molar-refractivity contribution in [1.82, 2.24) is 4.90 Å². The fourth-order valence-electron chi connectivity index (χ4n) is 4.47. The molecule has 1 saturated carbocycles. The molecule has 7 heteroatoms. The molecule has 28 heavy (non-hydrogen) atoms. The average Bonchev–Trinajstić information content (AvgIpc) is 2.72. The van der Waals surface area contributed by atoms with Gasteiger partial charge in [0.1, 0.15) is 12.1 Å². The van der Waals surface area contributed by atoms with Gasteiger partial charge in [-0.2, -0.15) is 0 Å². The Bertz CT molecular complexity index is 488. The Labute approximate surface area is 168 Å². The fourth-order valence-corrected chi connectivity index (χ4v) is 4.47. The van der Waals surface area contributed by atoms with E-state index in [1.807, 2.05) is 6.92 Å². The molecule has 2 aliphatic rings. The molecule has 1 aliphatic carbocycles. The lowest BCUT2D eigenvalue weighted by Gasteiger charge is -2.37. The lowest BCUT2D eigenvalue weighted by Crippen LogP contribution is -2.46. The number of methoxy groups -OCH3 is 1. The maximum Gasteiger partial charge on any atom is 0.329 e. The van der Waals surface area contributed by atoms with E-state index in [4.69, 9.17) is 19.3 Å². The van der Waals surface area contributed by atoms with Crippen molar-refractivity contribution in [2.75, 3.05) is 26.9 Å². The Morgan fingerprint density at radius 1 is 1.21 bits per heavy atom. The number of rotatable bonds is 10. The third-order valence-corrected chi connectivity index (χ3v) is 6.33. The van der Waals surface area contributed by atoms with Gasteiger partial charge in [-0.15, -0.1) is 0 Å². The fraction of sp³-hybridized carbons (Fsp3) is 0.905. The number of likely N-dealkylation sites (tertiary alicyclic amines) is 1. The summed E-state index contributed by atoms with van der Waals surface area (Å²) in [5.41, 5.74) is 0. The number of piperidine rings is 1. The predicted molar refractivity (Wildman–Crippen MR) is 105 cm³/mol.